The number of anilines is 2. The van der Waals surface area contributed by atoms with E-state index >= 15 is 0 Å². The van der Waals surface area contributed by atoms with Crippen LogP contribution < -0.4 is 15.0 Å². The summed E-state index contributed by atoms with van der Waals surface area (Å²) in [5.74, 6) is -0.165. The van der Waals surface area contributed by atoms with Gasteiger partial charge >= 0.3 is 0 Å². The number of benzene rings is 2. The van der Waals surface area contributed by atoms with Crippen LogP contribution in [0.4, 0.5) is 11.4 Å². The van der Waals surface area contributed by atoms with Gasteiger partial charge in [-0.1, -0.05) is 19.1 Å². The third-order valence-electron chi connectivity index (χ3n) is 4.68. The Morgan fingerprint density at radius 3 is 2.55 bits per heavy atom. The molecule has 154 valence electrons. The van der Waals surface area contributed by atoms with E-state index in [4.69, 9.17) is 10.00 Å². The van der Waals surface area contributed by atoms with Gasteiger partial charge < -0.3 is 10.1 Å². The molecule has 2 heterocycles. The topological polar surface area (TPSA) is 82.4 Å². The number of thiophene rings is 1. The lowest BCUT2D eigenvalue weighted by atomic mass is 10.1. The summed E-state index contributed by atoms with van der Waals surface area (Å²) in [6.45, 7) is 2.62. The highest BCUT2D eigenvalue weighted by Gasteiger charge is 2.40. The maximum Gasteiger partial charge on any atom is 0.282 e. The summed E-state index contributed by atoms with van der Waals surface area (Å²) in [5.41, 5.74) is 2.06. The average molecular weight is 430 g/mol. The second-order valence-corrected chi connectivity index (χ2v) is 7.78. The number of nitriles is 1. The molecular formula is C24H19N3O3S. The van der Waals surface area contributed by atoms with Gasteiger partial charge in [0.15, 0.2) is 0 Å². The van der Waals surface area contributed by atoms with E-state index in [2.05, 4.69) is 5.32 Å². The first-order valence-corrected chi connectivity index (χ1v) is 10.7. The van der Waals surface area contributed by atoms with Gasteiger partial charge in [0.05, 0.1) is 29.5 Å². The normalized spacial score (nSPS) is 13.5. The molecule has 0 bridgehead atoms. The summed E-state index contributed by atoms with van der Waals surface area (Å²) in [6, 6.07) is 19.4. The summed E-state index contributed by atoms with van der Waals surface area (Å²) in [7, 11) is 0. The van der Waals surface area contributed by atoms with E-state index < -0.39 is 11.8 Å². The van der Waals surface area contributed by atoms with E-state index in [1.54, 1.807) is 30.3 Å². The Morgan fingerprint density at radius 2 is 1.87 bits per heavy atom. The van der Waals surface area contributed by atoms with Crippen LogP contribution in [-0.4, -0.2) is 18.4 Å². The van der Waals surface area contributed by atoms with Crippen LogP contribution in [0.5, 0.6) is 5.75 Å². The minimum atomic E-state index is -0.446. The first-order valence-electron chi connectivity index (χ1n) is 9.79. The average Bonchev–Trinajstić information content (AvgIpc) is 3.39. The minimum absolute atomic E-state index is 0.212. The number of hydrogen-bond donors (Lipinski definition) is 1. The van der Waals surface area contributed by atoms with Gasteiger partial charge in [-0.15, -0.1) is 11.3 Å². The number of hydrogen-bond acceptors (Lipinski definition) is 6. The van der Waals surface area contributed by atoms with Crippen molar-refractivity contribution < 1.29 is 14.3 Å². The number of carbonyl (C=O) groups excluding carboxylic acids is 2. The maximum atomic E-state index is 13.3. The van der Waals surface area contributed by atoms with Crippen LogP contribution in [0.2, 0.25) is 0 Å². The number of nitrogens with zero attached hydrogens (tertiary/aromatic N) is 2. The molecule has 0 saturated heterocycles. The van der Waals surface area contributed by atoms with Gasteiger partial charge in [-0.3, -0.25) is 9.59 Å². The third kappa shape index (κ3) is 4.06. The molecule has 2 aromatic carbocycles. The Hall–Kier alpha value is -3.89. The lowest BCUT2D eigenvalue weighted by molar-refractivity contribution is -0.120. The largest absolute Gasteiger partial charge is 0.494 e. The highest BCUT2D eigenvalue weighted by molar-refractivity contribution is 7.11. The van der Waals surface area contributed by atoms with Crippen molar-refractivity contribution in [3.05, 3.63) is 82.2 Å². The molecule has 0 spiro atoms. The Morgan fingerprint density at radius 1 is 1.06 bits per heavy atom. The van der Waals surface area contributed by atoms with Crippen molar-refractivity contribution in [2.24, 2.45) is 0 Å². The van der Waals surface area contributed by atoms with E-state index in [0.29, 0.717) is 39.7 Å². The van der Waals surface area contributed by atoms with Crippen LogP contribution in [-0.2, 0) is 9.59 Å². The Labute approximate surface area is 184 Å². The fourth-order valence-electron chi connectivity index (χ4n) is 3.24. The van der Waals surface area contributed by atoms with Gasteiger partial charge in [-0.05, 0) is 54.3 Å². The molecule has 0 radical (unpaired) electrons. The van der Waals surface area contributed by atoms with E-state index in [1.807, 2.05) is 48.7 Å². The summed E-state index contributed by atoms with van der Waals surface area (Å²) < 4.78 is 5.68. The molecular weight excluding hydrogens is 410 g/mol. The highest BCUT2D eigenvalue weighted by Crippen LogP contribution is 2.35. The quantitative estimate of drug-likeness (QED) is 0.545. The van der Waals surface area contributed by atoms with Gasteiger partial charge in [0.25, 0.3) is 11.8 Å². The molecule has 0 aliphatic carbocycles. The van der Waals surface area contributed by atoms with Crippen LogP contribution in [0.1, 0.15) is 23.8 Å². The van der Waals surface area contributed by atoms with Crippen molar-refractivity contribution in [2.45, 2.75) is 13.3 Å². The standard InChI is InChI=1S/C24H19N3O3S/c1-2-12-30-19-6-3-5-17(14-19)26-22-21(20-7-4-13-31-20)23(28)27(24(22)29)18-10-8-16(15-25)9-11-18/h3-11,13-14,26H,2,12H2,1H3. The molecule has 1 N–H and O–H groups in total. The summed E-state index contributed by atoms with van der Waals surface area (Å²) in [5, 5.41) is 14.0. The zero-order valence-electron chi connectivity index (χ0n) is 16.8. The molecule has 1 aromatic heterocycles. The van der Waals surface area contributed by atoms with E-state index in [0.717, 1.165) is 11.3 Å². The van der Waals surface area contributed by atoms with Crippen molar-refractivity contribution in [1.82, 2.24) is 0 Å². The molecule has 6 nitrogen and oxygen atoms in total. The van der Waals surface area contributed by atoms with Crippen molar-refractivity contribution in [3.8, 4) is 11.8 Å². The summed E-state index contributed by atoms with van der Waals surface area (Å²) in [6.07, 6.45) is 0.887. The van der Waals surface area contributed by atoms with Crippen molar-refractivity contribution >= 4 is 40.1 Å². The van der Waals surface area contributed by atoms with Gasteiger partial charge in [-0.25, -0.2) is 4.90 Å². The fourth-order valence-corrected chi connectivity index (χ4v) is 4.01. The molecule has 0 saturated carbocycles. The molecule has 1 aliphatic heterocycles. The zero-order chi connectivity index (χ0) is 21.8. The Balaban J connectivity index is 1.71. The minimum Gasteiger partial charge on any atom is -0.494 e. The van der Waals surface area contributed by atoms with Crippen molar-refractivity contribution in [3.63, 3.8) is 0 Å². The molecule has 4 rings (SSSR count). The van der Waals surface area contributed by atoms with Crippen LogP contribution in [0.3, 0.4) is 0 Å². The van der Waals surface area contributed by atoms with Crippen molar-refractivity contribution in [2.75, 3.05) is 16.8 Å². The number of ether oxygens (including phenoxy) is 1. The lowest BCUT2D eigenvalue weighted by Crippen LogP contribution is -2.32. The Kier molecular flexibility index (Phi) is 5.83. The molecule has 0 fully saturated rings. The number of imide groups is 1. The lowest BCUT2D eigenvalue weighted by Gasteiger charge is -2.15. The molecule has 0 unspecified atom stereocenters. The maximum absolute atomic E-state index is 13.3. The smallest absolute Gasteiger partial charge is 0.282 e. The monoisotopic (exact) mass is 429 g/mol. The van der Waals surface area contributed by atoms with Gasteiger partial charge in [0.1, 0.15) is 11.4 Å². The number of nitrogens with one attached hydrogen (secondary N) is 1. The van der Waals surface area contributed by atoms with Crippen LogP contribution in [0, 0.1) is 11.3 Å². The van der Waals surface area contributed by atoms with Gasteiger partial charge in [0.2, 0.25) is 0 Å². The molecule has 2 amide bonds. The highest BCUT2D eigenvalue weighted by atomic mass is 32.1. The van der Waals surface area contributed by atoms with E-state index in [-0.39, 0.29) is 5.70 Å². The summed E-state index contributed by atoms with van der Waals surface area (Å²) in [4.78, 5) is 28.5. The fraction of sp³-hybridized carbons (Fsp3) is 0.125. The summed E-state index contributed by atoms with van der Waals surface area (Å²) >= 11 is 1.39. The van der Waals surface area contributed by atoms with E-state index in [9.17, 15) is 9.59 Å². The second-order valence-electron chi connectivity index (χ2n) is 6.83. The molecule has 7 heteroatoms. The zero-order valence-corrected chi connectivity index (χ0v) is 17.6. The molecule has 0 atom stereocenters. The number of rotatable bonds is 7. The van der Waals surface area contributed by atoms with Crippen LogP contribution in [0.15, 0.2) is 71.7 Å². The van der Waals surface area contributed by atoms with Gasteiger partial charge in [-0.2, -0.15) is 5.26 Å². The third-order valence-corrected chi connectivity index (χ3v) is 5.57. The van der Waals surface area contributed by atoms with Crippen LogP contribution in [0.25, 0.3) is 5.57 Å². The number of amides is 2. The van der Waals surface area contributed by atoms with Crippen molar-refractivity contribution in [1.29, 1.82) is 5.26 Å². The molecule has 31 heavy (non-hydrogen) atoms. The predicted molar refractivity (Wildman–Crippen MR) is 121 cm³/mol. The first-order chi connectivity index (χ1) is 15.1. The van der Waals surface area contributed by atoms with Gasteiger partial charge in [0, 0.05) is 16.6 Å². The first kappa shape index (κ1) is 20.4. The molecule has 1 aliphatic rings. The van der Waals surface area contributed by atoms with Crippen LogP contribution >= 0.6 is 11.3 Å². The second kappa shape index (κ2) is 8.86. The number of carbonyl (C=O) groups is 2. The van der Waals surface area contributed by atoms with E-state index in [1.165, 1.54) is 11.3 Å². The molecule has 3 aromatic rings. The SMILES string of the molecule is CCCOc1cccc(NC2=C(c3cccs3)C(=O)N(c3ccc(C#N)cc3)C2=O)c1. The Bertz CT molecular complexity index is 1190. The predicted octanol–water partition coefficient (Wildman–Crippen LogP) is 4.81.